The number of anilines is 2. The number of nitrogens with zero attached hydrogens (tertiary/aromatic N) is 1. The van der Waals surface area contributed by atoms with Crippen LogP contribution in [0.2, 0.25) is 0 Å². The second kappa shape index (κ2) is 4.23. The van der Waals surface area contributed by atoms with Gasteiger partial charge in [-0.05, 0) is 24.3 Å². The number of nitrogen functional groups attached to an aromatic ring is 1. The van der Waals surface area contributed by atoms with Crippen molar-refractivity contribution < 1.29 is 4.79 Å². The molecule has 1 unspecified atom stereocenters. The molecule has 1 aliphatic heterocycles. The number of nitrogens with two attached hydrogens (primary N) is 1. The molecule has 0 saturated heterocycles. The van der Waals surface area contributed by atoms with Crippen LogP contribution in [0.5, 0.6) is 0 Å². The van der Waals surface area contributed by atoms with Crippen LogP contribution in [0, 0.1) is 0 Å². The van der Waals surface area contributed by atoms with Gasteiger partial charge in [0.2, 0.25) is 0 Å². The van der Waals surface area contributed by atoms with Crippen molar-refractivity contribution in [1.29, 1.82) is 0 Å². The summed E-state index contributed by atoms with van der Waals surface area (Å²) in [5, 5.41) is 0.956. The molecule has 0 bridgehead atoms. The van der Waals surface area contributed by atoms with Gasteiger partial charge in [-0.2, -0.15) is 0 Å². The highest BCUT2D eigenvalue weighted by Gasteiger charge is 2.26. The molecule has 0 saturated carbocycles. The van der Waals surface area contributed by atoms with E-state index in [2.05, 4.69) is 5.43 Å². The van der Waals surface area contributed by atoms with E-state index >= 15 is 0 Å². The van der Waals surface area contributed by atoms with Crippen molar-refractivity contribution in [2.75, 3.05) is 10.7 Å². The van der Waals surface area contributed by atoms with Gasteiger partial charge in [0.1, 0.15) is 0 Å². The lowest BCUT2D eigenvalue weighted by atomic mass is 10.2. The third kappa shape index (κ3) is 2.08. The normalized spacial score (nSPS) is 20.4. The number of carbonyl (C=O) groups excluding carboxylic acids is 1. The van der Waals surface area contributed by atoms with Crippen molar-refractivity contribution in [3.63, 3.8) is 0 Å². The highest BCUT2D eigenvalue weighted by Crippen LogP contribution is 2.23. The fraction of sp³-hybridized carbons (Fsp3) is 0.100. The highest BCUT2D eigenvalue weighted by molar-refractivity contribution is 6.43. The van der Waals surface area contributed by atoms with Crippen LogP contribution in [0.3, 0.4) is 0 Å². The average Bonchev–Trinajstić information content (AvgIpc) is 2.26. The number of alkyl halides is 1. The zero-order valence-corrected chi connectivity index (χ0v) is 9.66. The molecule has 1 heterocycles. The summed E-state index contributed by atoms with van der Waals surface area (Å²) >= 11 is 11.6. The number of hydrogen-bond acceptors (Lipinski definition) is 3. The maximum Gasteiger partial charge on any atom is 0.262 e. The molecular formula is C10H9Cl2N3O. The predicted molar refractivity (Wildman–Crippen MR) is 65.1 cm³/mol. The van der Waals surface area contributed by atoms with Gasteiger partial charge >= 0.3 is 0 Å². The van der Waals surface area contributed by atoms with E-state index in [0.717, 1.165) is 5.69 Å². The molecule has 16 heavy (non-hydrogen) atoms. The molecule has 1 amide bonds. The van der Waals surface area contributed by atoms with Crippen LogP contribution >= 0.6 is 23.2 Å². The van der Waals surface area contributed by atoms with Crippen LogP contribution in [-0.4, -0.2) is 11.3 Å². The van der Waals surface area contributed by atoms with Gasteiger partial charge in [-0.25, -0.2) is 0 Å². The molecule has 3 N–H and O–H groups in total. The fourth-order valence-electron chi connectivity index (χ4n) is 1.30. The van der Waals surface area contributed by atoms with Crippen LogP contribution in [0.1, 0.15) is 0 Å². The van der Waals surface area contributed by atoms with Crippen LogP contribution in [0.4, 0.5) is 11.4 Å². The average molecular weight is 258 g/mol. The van der Waals surface area contributed by atoms with Crippen molar-refractivity contribution >= 4 is 40.5 Å². The Balaban J connectivity index is 2.29. The number of nitrogens with one attached hydrogen (secondary N) is 1. The van der Waals surface area contributed by atoms with Crippen molar-refractivity contribution in [2.24, 2.45) is 0 Å². The lowest BCUT2D eigenvalue weighted by molar-refractivity contribution is -0.120. The van der Waals surface area contributed by atoms with Crippen molar-refractivity contribution in [3.05, 3.63) is 35.5 Å². The van der Waals surface area contributed by atoms with E-state index in [-0.39, 0.29) is 10.9 Å². The largest absolute Gasteiger partial charge is 0.399 e. The van der Waals surface area contributed by atoms with Crippen molar-refractivity contribution in [2.45, 2.75) is 5.38 Å². The summed E-state index contributed by atoms with van der Waals surface area (Å²) in [6.07, 6.45) is 1.56. The van der Waals surface area contributed by atoms with Crippen molar-refractivity contribution in [1.82, 2.24) is 5.43 Å². The van der Waals surface area contributed by atoms with Crippen LogP contribution < -0.4 is 16.2 Å². The molecule has 0 fully saturated rings. The number of hydrogen-bond donors (Lipinski definition) is 2. The monoisotopic (exact) mass is 257 g/mol. The van der Waals surface area contributed by atoms with Crippen LogP contribution in [-0.2, 0) is 4.79 Å². The van der Waals surface area contributed by atoms with Gasteiger partial charge in [-0.15, -0.1) is 11.6 Å². The second-order valence-corrected chi connectivity index (χ2v) is 4.19. The van der Waals surface area contributed by atoms with Gasteiger partial charge in [0, 0.05) is 11.9 Å². The quantitative estimate of drug-likeness (QED) is 0.596. The molecular weight excluding hydrogens is 249 g/mol. The Hall–Kier alpha value is -1.39. The van der Waals surface area contributed by atoms with E-state index in [0.29, 0.717) is 5.69 Å². The first-order valence-electron chi connectivity index (χ1n) is 4.54. The zero-order chi connectivity index (χ0) is 11.7. The van der Waals surface area contributed by atoms with Gasteiger partial charge in [-0.1, -0.05) is 11.6 Å². The standard InChI is InChI=1S/C10H9Cl2N3O/c11-8-5-15(14-10(16)9(8)12)7-3-1-6(13)2-4-7/h1-5,9H,13H2,(H,14,16). The third-order valence-electron chi connectivity index (χ3n) is 2.13. The van der Waals surface area contributed by atoms with E-state index in [1.807, 2.05) is 0 Å². The summed E-state index contributed by atoms with van der Waals surface area (Å²) in [5.74, 6) is -0.356. The Labute approximate surface area is 103 Å². The minimum atomic E-state index is -0.827. The minimum Gasteiger partial charge on any atom is -0.399 e. The first-order valence-corrected chi connectivity index (χ1v) is 5.36. The molecule has 0 radical (unpaired) electrons. The summed E-state index contributed by atoms with van der Waals surface area (Å²) in [4.78, 5) is 11.4. The number of rotatable bonds is 1. The lowest BCUT2D eigenvalue weighted by Crippen LogP contribution is -2.46. The number of amides is 1. The predicted octanol–water partition coefficient (Wildman–Crippen LogP) is 1.81. The molecule has 84 valence electrons. The fourth-order valence-corrected chi connectivity index (χ4v) is 1.60. The Bertz CT molecular complexity index is 444. The summed E-state index contributed by atoms with van der Waals surface area (Å²) in [6.45, 7) is 0. The van der Waals surface area contributed by atoms with E-state index in [4.69, 9.17) is 28.9 Å². The van der Waals surface area contributed by atoms with Gasteiger partial charge in [0.15, 0.2) is 5.38 Å². The topological polar surface area (TPSA) is 58.4 Å². The summed E-state index contributed by atoms with van der Waals surface area (Å²) in [6, 6.07) is 7.00. The first-order chi connectivity index (χ1) is 7.58. The maximum atomic E-state index is 11.4. The van der Waals surface area contributed by atoms with E-state index < -0.39 is 5.38 Å². The third-order valence-corrected chi connectivity index (χ3v) is 2.99. The van der Waals surface area contributed by atoms with Crippen LogP contribution in [0.25, 0.3) is 0 Å². The zero-order valence-electron chi connectivity index (χ0n) is 8.15. The maximum absolute atomic E-state index is 11.4. The molecule has 4 nitrogen and oxygen atoms in total. The summed E-state index contributed by atoms with van der Waals surface area (Å²) < 4.78 is 0. The van der Waals surface area contributed by atoms with E-state index in [1.165, 1.54) is 5.01 Å². The number of benzene rings is 1. The Morgan fingerprint density at radius 2 is 1.94 bits per heavy atom. The van der Waals surface area contributed by atoms with Gasteiger partial charge in [0.05, 0.1) is 10.7 Å². The smallest absolute Gasteiger partial charge is 0.262 e. The SMILES string of the molecule is Nc1ccc(N2C=C(Cl)C(Cl)C(=O)N2)cc1. The molecule has 0 aliphatic carbocycles. The summed E-state index contributed by atoms with van der Waals surface area (Å²) in [5.41, 5.74) is 9.56. The minimum absolute atomic E-state index is 0.280. The summed E-state index contributed by atoms with van der Waals surface area (Å²) in [7, 11) is 0. The second-order valence-electron chi connectivity index (χ2n) is 3.31. The lowest BCUT2D eigenvalue weighted by Gasteiger charge is -2.27. The molecule has 1 aromatic rings. The molecule has 0 spiro atoms. The molecule has 1 aliphatic rings. The van der Waals surface area contributed by atoms with Gasteiger partial charge < -0.3 is 5.73 Å². The molecule has 1 aromatic carbocycles. The molecule has 6 heteroatoms. The first kappa shape index (κ1) is 11.1. The number of halogens is 2. The Morgan fingerprint density at radius 3 is 2.50 bits per heavy atom. The van der Waals surface area contributed by atoms with E-state index in [1.54, 1.807) is 30.5 Å². The van der Waals surface area contributed by atoms with Gasteiger partial charge in [0.25, 0.3) is 5.91 Å². The van der Waals surface area contributed by atoms with Crippen molar-refractivity contribution in [3.8, 4) is 0 Å². The Morgan fingerprint density at radius 1 is 1.31 bits per heavy atom. The van der Waals surface area contributed by atoms with Crippen LogP contribution in [0.15, 0.2) is 35.5 Å². The van der Waals surface area contributed by atoms with E-state index in [9.17, 15) is 4.79 Å². The Kier molecular flexibility index (Phi) is 2.94. The molecule has 1 atom stereocenters. The highest BCUT2D eigenvalue weighted by atomic mass is 35.5. The number of hydrazine groups is 1. The molecule has 2 rings (SSSR count). The number of carbonyl (C=O) groups is 1. The molecule has 0 aromatic heterocycles. The van der Waals surface area contributed by atoms with Gasteiger partial charge in [-0.3, -0.25) is 15.2 Å².